The fourth-order valence-electron chi connectivity index (χ4n) is 2.31. The second kappa shape index (κ2) is 8.77. The fourth-order valence-corrected chi connectivity index (χ4v) is 2.57. The number of ether oxygens (including phenoxy) is 1. The number of amides is 1. The summed E-state index contributed by atoms with van der Waals surface area (Å²) in [7, 11) is 0. The first-order chi connectivity index (χ1) is 12.6. The Bertz CT molecular complexity index is 814. The standard InChI is InChI=1S/C20H23ClN2O4/c1-20(2,3)23-18(24)12-27-15-7-4-13(5-8-15)11-22-14-6-9-16(19(25)26)17(21)10-14/h4-10,22H,11-12H2,1-3H3,(H,23,24)(H,25,26). The van der Waals surface area contributed by atoms with Crippen molar-refractivity contribution in [3.8, 4) is 5.75 Å². The molecule has 2 rings (SSSR count). The number of halogens is 1. The van der Waals surface area contributed by atoms with E-state index in [-0.39, 0.29) is 28.6 Å². The maximum Gasteiger partial charge on any atom is 0.337 e. The van der Waals surface area contributed by atoms with E-state index >= 15 is 0 Å². The summed E-state index contributed by atoms with van der Waals surface area (Å²) in [4.78, 5) is 22.7. The number of benzene rings is 2. The largest absolute Gasteiger partial charge is 0.484 e. The van der Waals surface area contributed by atoms with Crippen LogP contribution < -0.4 is 15.4 Å². The molecule has 2 aromatic carbocycles. The molecule has 0 fully saturated rings. The van der Waals surface area contributed by atoms with Gasteiger partial charge in [-0.1, -0.05) is 23.7 Å². The van der Waals surface area contributed by atoms with Crippen LogP contribution in [0.1, 0.15) is 36.7 Å². The van der Waals surface area contributed by atoms with Gasteiger partial charge in [-0.15, -0.1) is 0 Å². The number of carbonyl (C=O) groups excluding carboxylic acids is 1. The van der Waals surface area contributed by atoms with Gasteiger partial charge in [-0.2, -0.15) is 0 Å². The molecule has 0 heterocycles. The Morgan fingerprint density at radius 3 is 2.33 bits per heavy atom. The molecule has 0 saturated carbocycles. The number of rotatable bonds is 7. The quantitative estimate of drug-likeness (QED) is 0.666. The molecule has 7 heteroatoms. The number of carboxylic acid groups (broad SMARTS) is 1. The Hall–Kier alpha value is -2.73. The second-order valence-electron chi connectivity index (χ2n) is 7.08. The van der Waals surface area contributed by atoms with Crippen LogP contribution >= 0.6 is 11.6 Å². The minimum absolute atomic E-state index is 0.0384. The highest BCUT2D eigenvalue weighted by molar-refractivity contribution is 6.33. The molecule has 2 aromatic rings. The van der Waals surface area contributed by atoms with Crippen LogP contribution in [0.4, 0.5) is 5.69 Å². The molecule has 0 spiro atoms. The molecule has 144 valence electrons. The van der Waals surface area contributed by atoms with E-state index in [0.717, 1.165) is 11.3 Å². The number of anilines is 1. The molecule has 0 aromatic heterocycles. The van der Waals surface area contributed by atoms with E-state index in [1.165, 1.54) is 6.07 Å². The van der Waals surface area contributed by atoms with Crippen LogP contribution in [0.15, 0.2) is 42.5 Å². The smallest absolute Gasteiger partial charge is 0.337 e. The molecule has 0 unspecified atom stereocenters. The number of hydrogen-bond donors (Lipinski definition) is 3. The molecule has 0 radical (unpaired) electrons. The monoisotopic (exact) mass is 390 g/mol. The summed E-state index contributed by atoms with van der Waals surface area (Å²) in [6.45, 7) is 6.23. The molecule has 0 saturated heterocycles. The average molecular weight is 391 g/mol. The number of aromatic carboxylic acids is 1. The molecule has 0 aliphatic heterocycles. The predicted molar refractivity (Wildman–Crippen MR) is 106 cm³/mol. The Labute approximate surface area is 163 Å². The minimum atomic E-state index is -1.06. The van der Waals surface area contributed by atoms with Crippen LogP contribution in [0.25, 0.3) is 0 Å². The zero-order valence-corrected chi connectivity index (χ0v) is 16.3. The first-order valence-corrected chi connectivity index (χ1v) is 8.81. The van der Waals surface area contributed by atoms with E-state index in [1.54, 1.807) is 24.3 Å². The summed E-state index contributed by atoms with van der Waals surface area (Å²) in [6, 6.07) is 12.1. The van der Waals surface area contributed by atoms with Gasteiger partial charge in [0.15, 0.2) is 6.61 Å². The van der Waals surface area contributed by atoms with Gasteiger partial charge in [0.2, 0.25) is 0 Å². The number of carbonyl (C=O) groups is 2. The van der Waals surface area contributed by atoms with Gasteiger partial charge in [0.25, 0.3) is 5.91 Å². The van der Waals surface area contributed by atoms with E-state index in [2.05, 4.69) is 10.6 Å². The van der Waals surface area contributed by atoms with Crippen molar-refractivity contribution >= 4 is 29.2 Å². The van der Waals surface area contributed by atoms with Crippen LogP contribution in [0.3, 0.4) is 0 Å². The van der Waals surface area contributed by atoms with E-state index in [0.29, 0.717) is 12.3 Å². The van der Waals surface area contributed by atoms with Crippen LogP contribution in [0.5, 0.6) is 5.75 Å². The van der Waals surface area contributed by atoms with Crippen molar-refractivity contribution in [1.29, 1.82) is 0 Å². The second-order valence-corrected chi connectivity index (χ2v) is 7.49. The van der Waals surface area contributed by atoms with Gasteiger partial charge in [0.05, 0.1) is 10.6 Å². The zero-order chi connectivity index (χ0) is 20.0. The topological polar surface area (TPSA) is 87.7 Å². The maximum absolute atomic E-state index is 11.8. The Morgan fingerprint density at radius 2 is 1.78 bits per heavy atom. The van der Waals surface area contributed by atoms with Crippen molar-refractivity contribution in [3.63, 3.8) is 0 Å². The lowest BCUT2D eigenvalue weighted by Gasteiger charge is -2.20. The number of carboxylic acids is 1. The van der Waals surface area contributed by atoms with E-state index in [9.17, 15) is 9.59 Å². The van der Waals surface area contributed by atoms with Crippen molar-refractivity contribution in [1.82, 2.24) is 5.32 Å². The molecule has 27 heavy (non-hydrogen) atoms. The Kier molecular flexibility index (Phi) is 6.69. The van der Waals surface area contributed by atoms with E-state index in [1.807, 2.05) is 32.9 Å². The minimum Gasteiger partial charge on any atom is -0.484 e. The summed E-state index contributed by atoms with van der Waals surface area (Å²) >= 11 is 5.96. The summed E-state index contributed by atoms with van der Waals surface area (Å²) in [5.74, 6) is -0.620. The summed E-state index contributed by atoms with van der Waals surface area (Å²) in [5, 5.41) is 15.2. The molecule has 0 atom stereocenters. The van der Waals surface area contributed by atoms with Gasteiger partial charge < -0.3 is 20.5 Å². The molecular formula is C20H23ClN2O4. The van der Waals surface area contributed by atoms with Crippen LogP contribution in [-0.2, 0) is 11.3 Å². The van der Waals surface area contributed by atoms with E-state index in [4.69, 9.17) is 21.4 Å². The van der Waals surface area contributed by atoms with Crippen molar-refractivity contribution in [2.45, 2.75) is 32.9 Å². The average Bonchev–Trinajstić information content (AvgIpc) is 2.57. The molecule has 1 amide bonds. The summed E-state index contributed by atoms with van der Waals surface area (Å²) in [6.07, 6.45) is 0. The molecule has 0 bridgehead atoms. The lowest BCUT2D eigenvalue weighted by molar-refractivity contribution is -0.124. The highest BCUT2D eigenvalue weighted by atomic mass is 35.5. The SMILES string of the molecule is CC(C)(C)NC(=O)COc1ccc(CNc2ccc(C(=O)O)c(Cl)c2)cc1. The van der Waals surface area contributed by atoms with Crippen molar-refractivity contribution in [2.24, 2.45) is 0 Å². The van der Waals surface area contributed by atoms with Crippen molar-refractivity contribution < 1.29 is 19.4 Å². The van der Waals surface area contributed by atoms with Crippen molar-refractivity contribution in [3.05, 3.63) is 58.6 Å². The lowest BCUT2D eigenvalue weighted by atomic mass is 10.1. The predicted octanol–water partition coefficient (Wildman–Crippen LogP) is 3.94. The van der Waals surface area contributed by atoms with Gasteiger partial charge in [-0.05, 0) is 56.7 Å². The highest BCUT2D eigenvalue weighted by Gasteiger charge is 2.14. The maximum atomic E-state index is 11.8. The molecule has 3 N–H and O–H groups in total. The lowest BCUT2D eigenvalue weighted by Crippen LogP contribution is -2.43. The third kappa shape index (κ3) is 6.83. The molecule has 0 aliphatic carbocycles. The Morgan fingerprint density at radius 1 is 1.11 bits per heavy atom. The third-order valence-corrected chi connectivity index (χ3v) is 3.82. The van der Waals surface area contributed by atoms with E-state index < -0.39 is 5.97 Å². The van der Waals surface area contributed by atoms with Gasteiger partial charge >= 0.3 is 5.97 Å². The van der Waals surface area contributed by atoms with Gasteiger partial charge in [-0.3, -0.25) is 4.79 Å². The first kappa shape index (κ1) is 20.6. The van der Waals surface area contributed by atoms with Crippen LogP contribution in [0.2, 0.25) is 5.02 Å². The number of nitrogens with one attached hydrogen (secondary N) is 2. The van der Waals surface area contributed by atoms with Gasteiger partial charge in [0.1, 0.15) is 5.75 Å². The fraction of sp³-hybridized carbons (Fsp3) is 0.300. The van der Waals surface area contributed by atoms with Gasteiger partial charge in [0, 0.05) is 17.8 Å². The molecule has 0 aliphatic rings. The summed E-state index contributed by atoms with van der Waals surface area (Å²) < 4.78 is 5.48. The molecule has 6 nitrogen and oxygen atoms in total. The van der Waals surface area contributed by atoms with Crippen molar-refractivity contribution in [2.75, 3.05) is 11.9 Å². The third-order valence-electron chi connectivity index (χ3n) is 3.50. The summed E-state index contributed by atoms with van der Waals surface area (Å²) in [5.41, 5.74) is 1.50. The van der Waals surface area contributed by atoms with Gasteiger partial charge in [-0.25, -0.2) is 4.79 Å². The Balaban J connectivity index is 1.86. The zero-order valence-electron chi connectivity index (χ0n) is 15.5. The normalized spacial score (nSPS) is 11.0. The number of hydrogen-bond acceptors (Lipinski definition) is 4. The first-order valence-electron chi connectivity index (χ1n) is 8.43. The molecular weight excluding hydrogens is 368 g/mol. The van der Waals surface area contributed by atoms with Crippen LogP contribution in [0, 0.1) is 0 Å². The van der Waals surface area contributed by atoms with Crippen LogP contribution in [-0.4, -0.2) is 29.1 Å². The highest BCUT2D eigenvalue weighted by Crippen LogP contribution is 2.22.